The monoisotopic (exact) mass is 502 g/mol. The van der Waals surface area contributed by atoms with Crippen molar-refractivity contribution < 1.29 is 13.2 Å². The van der Waals surface area contributed by atoms with Crippen LogP contribution >= 0.6 is 0 Å². The van der Waals surface area contributed by atoms with Crippen molar-refractivity contribution in [3.05, 3.63) is 34.2 Å². The van der Waals surface area contributed by atoms with Crippen molar-refractivity contribution in [1.29, 1.82) is 0 Å². The molecule has 190 valence electrons. The Bertz CT molecular complexity index is 1360. The quantitative estimate of drug-likeness (QED) is 0.478. The molecule has 2 aromatic heterocycles. The molecule has 0 aliphatic carbocycles. The van der Waals surface area contributed by atoms with Crippen molar-refractivity contribution in [2.45, 2.75) is 44.9 Å². The van der Waals surface area contributed by atoms with Gasteiger partial charge >= 0.3 is 0 Å². The average Bonchev–Trinajstić information content (AvgIpc) is 3.18. The number of nitrogens with one attached hydrogen (secondary N) is 1. The maximum Gasteiger partial charge on any atom is 0.277 e. The number of rotatable bonds is 9. The first-order valence-corrected chi connectivity index (χ1v) is 13.7. The summed E-state index contributed by atoms with van der Waals surface area (Å²) in [5.41, 5.74) is 1.78. The molecule has 4 rings (SSSR count). The first-order valence-electron chi connectivity index (χ1n) is 12.3. The molecule has 1 N–H and O–H groups in total. The van der Waals surface area contributed by atoms with Crippen LogP contribution in [0.15, 0.2) is 27.9 Å². The average molecular weight is 503 g/mol. The van der Waals surface area contributed by atoms with E-state index in [1.54, 1.807) is 29.9 Å². The summed E-state index contributed by atoms with van der Waals surface area (Å²) in [6.07, 6.45) is 2.33. The molecule has 1 fully saturated rings. The van der Waals surface area contributed by atoms with Gasteiger partial charge in [0.1, 0.15) is 17.1 Å². The summed E-state index contributed by atoms with van der Waals surface area (Å²) >= 11 is 0. The Labute approximate surface area is 206 Å². The molecule has 0 spiro atoms. The van der Waals surface area contributed by atoms with Crippen molar-refractivity contribution in [3.63, 3.8) is 0 Å². The van der Waals surface area contributed by atoms with Crippen LogP contribution in [0.2, 0.25) is 0 Å². The Kier molecular flexibility index (Phi) is 7.58. The van der Waals surface area contributed by atoms with E-state index in [1.807, 2.05) is 13.8 Å². The number of fused-ring (bicyclic) bond motifs is 1. The minimum atomic E-state index is -3.71. The highest BCUT2D eigenvalue weighted by atomic mass is 32.2. The minimum absolute atomic E-state index is 0.156. The van der Waals surface area contributed by atoms with Crippen LogP contribution in [-0.4, -0.2) is 76.7 Å². The molecule has 1 aliphatic rings. The molecular weight excluding hydrogens is 468 g/mol. The third-order valence-electron chi connectivity index (χ3n) is 6.33. The number of piperazine rings is 1. The summed E-state index contributed by atoms with van der Waals surface area (Å²) in [5.74, 6) is 0.747. The van der Waals surface area contributed by atoms with Crippen LogP contribution in [0.4, 0.5) is 0 Å². The summed E-state index contributed by atoms with van der Waals surface area (Å²) in [4.78, 5) is 22.9. The van der Waals surface area contributed by atoms with E-state index in [0.717, 1.165) is 25.1 Å². The molecule has 11 heteroatoms. The van der Waals surface area contributed by atoms with Crippen LogP contribution in [0.3, 0.4) is 0 Å². The van der Waals surface area contributed by atoms with Gasteiger partial charge in [0.05, 0.1) is 22.8 Å². The summed E-state index contributed by atoms with van der Waals surface area (Å²) < 4.78 is 35.9. The Morgan fingerprint density at radius 1 is 1.09 bits per heavy atom. The van der Waals surface area contributed by atoms with Gasteiger partial charge in [-0.25, -0.2) is 13.4 Å². The normalized spacial score (nSPS) is 15.7. The van der Waals surface area contributed by atoms with Crippen molar-refractivity contribution in [3.8, 4) is 17.1 Å². The van der Waals surface area contributed by atoms with Gasteiger partial charge in [-0.3, -0.25) is 9.48 Å². The van der Waals surface area contributed by atoms with E-state index in [-0.39, 0.29) is 16.3 Å². The first kappa shape index (κ1) is 25.3. The third-order valence-corrected chi connectivity index (χ3v) is 8.23. The van der Waals surface area contributed by atoms with E-state index in [9.17, 15) is 13.2 Å². The molecule has 10 nitrogen and oxygen atoms in total. The topological polar surface area (TPSA) is 113 Å². The van der Waals surface area contributed by atoms with Gasteiger partial charge in [0.2, 0.25) is 10.0 Å². The molecule has 0 unspecified atom stereocenters. The van der Waals surface area contributed by atoms with Crippen molar-refractivity contribution in [2.75, 3.05) is 39.3 Å². The molecule has 1 aliphatic heterocycles. The number of hydrogen-bond donors (Lipinski definition) is 1. The minimum Gasteiger partial charge on any atom is -0.493 e. The molecule has 0 atom stereocenters. The van der Waals surface area contributed by atoms with Crippen molar-refractivity contribution >= 4 is 21.1 Å². The molecule has 0 radical (unpaired) electrons. The van der Waals surface area contributed by atoms with Crippen LogP contribution in [0.5, 0.6) is 5.75 Å². The van der Waals surface area contributed by atoms with E-state index in [1.165, 1.54) is 4.31 Å². The number of benzene rings is 1. The summed E-state index contributed by atoms with van der Waals surface area (Å²) in [6, 6.07) is 4.78. The number of aromatic nitrogens is 4. The summed E-state index contributed by atoms with van der Waals surface area (Å²) in [6.45, 7) is 9.75. The second-order valence-corrected chi connectivity index (χ2v) is 10.7. The highest BCUT2D eigenvalue weighted by Gasteiger charge is 2.29. The molecule has 3 heterocycles. The van der Waals surface area contributed by atoms with Crippen LogP contribution < -0.4 is 10.3 Å². The molecule has 0 bridgehead atoms. The summed E-state index contributed by atoms with van der Waals surface area (Å²) in [7, 11) is -1.99. The molecular formula is C24H34N6O4S. The lowest BCUT2D eigenvalue weighted by Crippen LogP contribution is -2.48. The Morgan fingerprint density at radius 2 is 1.83 bits per heavy atom. The van der Waals surface area contributed by atoms with Gasteiger partial charge in [-0.2, -0.15) is 9.40 Å². The standard InChI is InChI=1S/C24H34N6O4S/c1-5-8-19-21-22(28(4)27-19)24(31)26-23(25-21)18-16-17(9-10-20(18)34-15-6-2)35(32,33)30-13-11-29(7-3)12-14-30/h9-10,16H,5-8,11-15H2,1-4H3,(H,25,26,31). The molecule has 3 aromatic rings. The molecule has 1 saturated heterocycles. The fraction of sp³-hybridized carbons (Fsp3) is 0.542. The zero-order valence-electron chi connectivity index (χ0n) is 20.9. The van der Waals surface area contributed by atoms with E-state index < -0.39 is 10.0 Å². The number of hydrogen-bond acceptors (Lipinski definition) is 7. The molecule has 0 amide bonds. The van der Waals surface area contributed by atoms with Crippen LogP contribution in [0, 0.1) is 0 Å². The number of H-pyrrole nitrogens is 1. The van der Waals surface area contributed by atoms with E-state index >= 15 is 0 Å². The Hall–Kier alpha value is -2.76. The summed E-state index contributed by atoms with van der Waals surface area (Å²) in [5, 5.41) is 4.47. The number of ether oxygens (including phenoxy) is 1. The highest BCUT2D eigenvalue weighted by Crippen LogP contribution is 2.32. The lowest BCUT2D eigenvalue weighted by molar-refractivity contribution is 0.196. The maximum absolute atomic E-state index is 13.5. The van der Waals surface area contributed by atoms with E-state index in [0.29, 0.717) is 61.6 Å². The zero-order valence-corrected chi connectivity index (χ0v) is 21.7. The lowest BCUT2D eigenvalue weighted by Gasteiger charge is -2.33. The second kappa shape index (κ2) is 10.5. The second-order valence-electron chi connectivity index (χ2n) is 8.78. The number of sulfonamides is 1. The van der Waals surface area contributed by atoms with Crippen LogP contribution in [0.25, 0.3) is 22.4 Å². The van der Waals surface area contributed by atoms with Gasteiger partial charge in [-0.15, -0.1) is 0 Å². The van der Waals surface area contributed by atoms with Gasteiger partial charge in [0.25, 0.3) is 5.56 Å². The number of aryl methyl sites for hydroxylation is 2. The predicted molar refractivity (Wildman–Crippen MR) is 135 cm³/mol. The Morgan fingerprint density at radius 3 is 2.49 bits per heavy atom. The number of likely N-dealkylation sites (N-methyl/N-ethyl adjacent to an activating group) is 1. The number of nitrogens with zero attached hydrogens (tertiary/aromatic N) is 5. The molecule has 35 heavy (non-hydrogen) atoms. The highest BCUT2D eigenvalue weighted by molar-refractivity contribution is 7.89. The van der Waals surface area contributed by atoms with E-state index in [2.05, 4.69) is 21.9 Å². The maximum atomic E-state index is 13.5. The van der Waals surface area contributed by atoms with Gasteiger partial charge < -0.3 is 14.6 Å². The van der Waals surface area contributed by atoms with Crippen LogP contribution in [0.1, 0.15) is 39.3 Å². The predicted octanol–water partition coefficient (Wildman–Crippen LogP) is 2.39. The van der Waals surface area contributed by atoms with Crippen LogP contribution in [-0.2, 0) is 23.5 Å². The van der Waals surface area contributed by atoms with E-state index in [4.69, 9.17) is 9.72 Å². The van der Waals surface area contributed by atoms with Gasteiger partial charge in [-0.1, -0.05) is 27.2 Å². The third kappa shape index (κ3) is 4.98. The fourth-order valence-corrected chi connectivity index (χ4v) is 5.86. The molecule has 0 saturated carbocycles. The fourth-order valence-electron chi connectivity index (χ4n) is 4.41. The largest absolute Gasteiger partial charge is 0.493 e. The first-order chi connectivity index (χ1) is 16.8. The SMILES string of the molecule is CCCOc1ccc(S(=O)(=O)N2CCN(CC)CC2)cc1-c1nc2c(CCC)nn(C)c2c(=O)[nH]1. The number of aromatic amines is 1. The molecule has 1 aromatic carbocycles. The zero-order chi connectivity index (χ0) is 25.2. The van der Waals surface area contributed by atoms with Gasteiger partial charge in [0.15, 0.2) is 5.52 Å². The van der Waals surface area contributed by atoms with Gasteiger partial charge in [-0.05, 0) is 37.6 Å². The van der Waals surface area contributed by atoms with Gasteiger partial charge in [0, 0.05) is 33.2 Å². The Balaban J connectivity index is 1.82. The smallest absolute Gasteiger partial charge is 0.277 e. The van der Waals surface area contributed by atoms with Crippen molar-refractivity contribution in [2.24, 2.45) is 7.05 Å². The van der Waals surface area contributed by atoms with Crippen molar-refractivity contribution in [1.82, 2.24) is 29.0 Å². The lowest BCUT2D eigenvalue weighted by atomic mass is 10.1.